The van der Waals surface area contributed by atoms with Crippen molar-refractivity contribution >= 4 is 56.8 Å². The summed E-state index contributed by atoms with van der Waals surface area (Å²) in [5.41, 5.74) is 8.45. The molecule has 7 N–H and O–H groups in total. The summed E-state index contributed by atoms with van der Waals surface area (Å²) in [6.07, 6.45) is 0.405. The predicted octanol–water partition coefficient (Wildman–Crippen LogP) is 0.543. The zero-order chi connectivity index (χ0) is 32.4. The standard InChI is InChI=1S/C28H34N6O8S2/c1-15-9-19(35)10-16(2)20(15)7-8-24(36)32-23-14-44-43-13-22(26(29)38)33-28(40)21(31-25(37)12-30-27(23)39)11-17-3-5-18(6-4-17)34(41)42/h3-6,9-10,21-23,35H,7-8,11-14H2,1-2H3,(H2,29,38)(H,30,39)(H,31,37)(H,32,36)(H,33,40)/t21-,22+,23+/m0/s1. The van der Waals surface area contributed by atoms with E-state index in [1.54, 1.807) is 12.1 Å². The van der Waals surface area contributed by atoms with Crippen molar-refractivity contribution in [1.29, 1.82) is 0 Å². The maximum atomic E-state index is 13.1. The Morgan fingerprint density at radius 3 is 2.30 bits per heavy atom. The highest BCUT2D eigenvalue weighted by atomic mass is 33.1. The predicted molar refractivity (Wildman–Crippen MR) is 166 cm³/mol. The fourth-order valence-electron chi connectivity index (χ4n) is 4.49. The Bertz CT molecular complexity index is 1400. The van der Waals surface area contributed by atoms with E-state index in [1.807, 2.05) is 13.8 Å². The molecular weight excluding hydrogens is 612 g/mol. The summed E-state index contributed by atoms with van der Waals surface area (Å²) in [7, 11) is 2.36. The van der Waals surface area contributed by atoms with E-state index in [0.717, 1.165) is 16.7 Å². The first-order valence-corrected chi connectivity index (χ1v) is 16.1. The number of non-ortho nitro benzene ring substituents is 1. The third kappa shape index (κ3) is 10.2. The average molecular weight is 647 g/mol. The number of aryl methyl sites for hydroxylation is 2. The van der Waals surface area contributed by atoms with Gasteiger partial charge in [0.25, 0.3) is 5.69 Å². The second-order valence-corrected chi connectivity index (χ2v) is 12.7. The summed E-state index contributed by atoms with van der Waals surface area (Å²) >= 11 is 0. The molecule has 2 aromatic carbocycles. The summed E-state index contributed by atoms with van der Waals surface area (Å²) < 4.78 is 0. The van der Waals surface area contributed by atoms with E-state index in [1.165, 1.54) is 45.9 Å². The number of carbonyl (C=O) groups excluding carboxylic acids is 5. The van der Waals surface area contributed by atoms with Crippen molar-refractivity contribution < 1.29 is 34.0 Å². The minimum absolute atomic E-state index is 0.0473. The monoisotopic (exact) mass is 646 g/mol. The maximum Gasteiger partial charge on any atom is 0.269 e. The van der Waals surface area contributed by atoms with Gasteiger partial charge >= 0.3 is 0 Å². The van der Waals surface area contributed by atoms with Crippen LogP contribution in [0.1, 0.15) is 28.7 Å². The minimum Gasteiger partial charge on any atom is -0.508 e. The van der Waals surface area contributed by atoms with Crippen LogP contribution in [0, 0.1) is 24.0 Å². The number of hydrogen-bond donors (Lipinski definition) is 6. The number of phenols is 1. The van der Waals surface area contributed by atoms with Crippen molar-refractivity contribution in [1.82, 2.24) is 21.3 Å². The molecule has 3 rings (SSSR count). The highest BCUT2D eigenvalue weighted by Gasteiger charge is 2.28. The Labute approximate surface area is 261 Å². The summed E-state index contributed by atoms with van der Waals surface area (Å²) in [6, 6.07) is 5.35. The number of aromatic hydroxyl groups is 1. The molecule has 0 unspecified atom stereocenters. The normalized spacial score (nSPS) is 20.0. The molecule has 16 heteroatoms. The van der Waals surface area contributed by atoms with Crippen LogP contribution in [0.4, 0.5) is 5.69 Å². The first kappa shape index (κ1) is 34.2. The van der Waals surface area contributed by atoms with Gasteiger partial charge in [0.05, 0.1) is 11.5 Å². The number of primary amides is 1. The number of phenolic OH excluding ortho intramolecular Hbond substituents is 1. The van der Waals surface area contributed by atoms with Crippen LogP contribution in [0.15, 0.2) is 36.4 Å². The topological polar surface area (TPSA) is 223 Å². The number of hydrogen-bond acceptors (Lipinski definition) is 10. The zero-order valence-corrected chi connectivity index (χ0v) is 25.7. The summed E-state index contributed by atoms with van der Waals surface area (Å²) in [6.45, 7) is 3.17. The smallest absolute Gasteiger partial charge is 0.269 e. The number of nitro groups is 1. The number of nitrogens with zero attached hydrogens (tertiary/aromatic N) is 1. The van der Waals surface area contributed by atoms with E-state index in [-0.39, 0.29) is 35.8 Å². The molecule has 44 heavy (non-hydrogen) atoms. The van der Waals surface area contributed by atoms with Crippen LogP contribution in [-0.2, 0) is 36.8 Å². The molecule has 1 heterocycles. The van der Waals surface area contributed by atoms with Crippen LogP contribution < -0.4 is 27.0 Å². The summed E-state index contributed by atoms with van der Waals surface area (Å²) in [5.74, 6) is -2.93. The number of rotatable bonds is 8. The maximum absolute atomic E-state index is 13.1. The van der Waals surface area contributed by atoms with Crippen LogP contribution >= 0.6 is 21.6 Å². The van der Waals surface area contributed by atoms with Crippen LogP contribution in [0.2, 0.25) is 0 Å². The first-order chi connectivity index (χ1) is 20.8. The summed E-state index contributed by atoms with van der Waals surface area (Å²) in [5, 5.41) is 31.0. The average Bonchev–Trinajstić information content (AvgIpc) is 2.95. The second kappa shape index (κ2) is 16.0. The van der Waals surface area contributed by atoms with Gasteiger partial charge < -0.3 is 32.1 Å². The van der Waals surface area contributed by atoms with Gasteiger partial charge in [-0.05, 0) is 54.7 Å². The molecule has 0 aliphatic carbocycles. The van der Waals surface area contributed by atoms with Gasteiger partial charge in [-0.15, -0.1) is 0 Å². The molecule has 3 atom stereocenters. The second-order valence-electron chi connectivity index (χ2n) is 10.2. The van der Waals surface area contributed by atoms with E-state index < -0.39 is 59.1 Å². The molecule has 0 saturated carbocycles. The highest BCUT2D eigenvalue weighted by molar-refractivity contribution is 8.76. The van der Waals surface area contributed by atoms with E-state index >= 15 is 0 Å². The van der Waals surface area contributed by atoms with E-state index in [2.05, 4.69) is 21.3 Å². The number of nitro benzene ring substituents is 1. The van der Waals surface area contributed by atoms with Gasteiger partial charge in [-0.2, -0.15) is 0 Å². The van der Waals surface area contributed by atoms with Crippen molar-refractivity contribution in [3.63, 3.8) is 0 Å². The number of nitrogens with two attached hydrogens (primary N) is 1. The lowest BCUT2D eigenvalue weighted by Crippen LogP contribution is -2.56. The molecule has 1 aliphatic rings. The van der Waals surface area contributed by atoms with Gasteiger partial charge in [-0.1, -0.05) is 33.7 Å². The SMILES string of the molecule is Cc1cc(O)cc(C)c1CCC(=O)N[C@@H]1CSSC[C@H](C(N)=O)NC(=O)[C@H](Cc2ccc([N+](=O)[O-])cc2)NC(=O)CNC1=O. The lowest BCUT2D eigenvalue weighted by Gasteiger charge is -2.24. The molecule has 0 aromatic heterocycles. The van der Waals surface area contributed by atoms with Crippen LogP contribution in [0.5, 0.6) is 5.75 Å². The van der Waals surface area contributed by atoms with Crippen molar-refractivity contribution in [2.24, 2.45) is 5.73 Å². The molecule has 1 fully saturated rings. The number of amides is 5. The zero-order valence-electron chi connectivity index (χ0n) is 24.1. The third-order valence-corrected chi connectivity index (χ3v) is 9.23. The molecular formula is C28H34N6O8S2. The minimum atomic E-state index is -1.19. The fourth-order valence-corrected chi connectivity index (χ4v) is 6.83. The van der Waals surface area contributed by atoms with Crippen LogP contribution in [-0.4, -0.2) is 75.7 Å². The van der Waals surface area contributed by atoms with Crippen LogP contribution in [0.3, 0.4) is 0 Å². The Kier molecular flexibility index (Phi) is 12.4. The molecule has 0 spiro atoms. The molecule has 14 nitrogen and oxygen atoms in total. The number of nitrogens with one attached hydrogen (secondary N) is 4. The van der Waals surface area contributed by atoms with E-state index in [0.29, 0.717) is 12.0 Å². The molecule has 1 saturated heterocycles. The van der Waals surface area contributed by atoms with Crippen molar-refractivity contribution in [2.45, 2.75) is 51.2 Å². The van der Waals surface area contributed by atoms with Crippen LogP contribution in [0.25, 0.3) is 0 Å². The van der Waals surface area contributed by atoms with Crippen molar-refractivity contribution in [3.05, 3.63) is 68.8 Å². The molecule has 0 bridgehead atoms. The Hall–Kier alpha value is -4.31. The molecule has 5 amide bonds. The Balaban J connectivity index is 1.71. The van der Waals surface area contributed by atoms with Gasteiger partial charge in [0.2, 0.25) is 29.5 Å². The Morgan fingerprint density at radius 2 is 1.68 bits per heavy atom. The molecule has 1 aliphatic heterocycles. The Morgan fingerprint density at radius 1 is 1.05 bits per heavy atom. The van der Waals surface area contributed by atoms with Gasteiger partial charge in [0.1, 0.15) is 23.9 Å². The number of benzene rings is 2. The fraction of sp³-hybridized carbons (Fsp3) is 0.393. The lowest BCUT2D eigenvalue weighted by atomic mass is 9.98. The van der Waals surface area contributed by atoms with Gasteiger partial charge in [0.15, 0.2) is 0 Å². The quantitative estimate of drug-likeness (QED) is 0.133. The molecule has 0 radical (unpaired) electrons. The van der Waals surface area contributed by atoms with Gasteiger partial charge in [0, 0.05) is 36.5 Å². The lowest BCUT2D eigenvalue weighted by molar-refractivity contribution is -0.384. The third-order valence-electron chi connectivity index (χ3n) is 6.81. The number of carbonyl (C=O) groups is 5. The largest absolute Gasteiger partial charge is 0.508 e. The molecule has 2 aromatic rings. The van der Waals surface area contributed by atoms with Gasteiger partial charge in [-0.25, -0.2) is 0 Å². The highest BCUT2D eigenvalue weighted by Crippen LogP contribution is 2.24. The van der Waals surface area contributed by atoms with E-state index in [4.69, 9.17) is 5.73 Å². The van der Waals surface area contributed by atoms with E-state index in [9.17, 15) is 39.2 Å². The molecule has 236 valence electrons. The first-order valence-electron chi connectivity index (χ1n) is 13.6. The van der Waals surface area contributed by atoms with Crippen molar-refractivity contribution in [2.75, 3.05) is 18.1 Å². The van der Waals surface area contributed by atoms with Crippen molar-refractivity contribution in [3.8, 4) is 5.75 Å². The van der Waals surface area contributed by atoms with Gasteiger partial charge in [-0.3, -0.25) is 34.1 Å². The summed E-state index contributed by atoms with van der Waals surface area (Å²) in [4.78, 5) is 74.2.